The first-order valence-electron chi connectivity index (χ1n) is 29.0. The van der Waals surface area contributed by atoms with Gasteiger partial charge in [0.05, 0.1) is 24.3 Å². The quantitative estimate of drug-likeness (QED) is 0.00935. The van der Waals surface area contributed by atoms with Crippen LogP contribution in [0, 0.1) is 10.4 Å². The molecule has 12 heteroatoms. The van der Waals surface area contributed by atoms with Crippen LogP contribution in [0.2, 0.25) is 0 Å². The number of esters is 2. The third-order valence-corrected chi connectivity index (χ3v) is 13.7. The van der Waals surface area contributed by atoms with Crippen molar-refractivity contribution in [1.82, 2.24) is 0 Å². The van der Waals surface area contributed by atoms with Crippen molar-refractivity contribution in [1.29, 1.82) is 0 Å². The van der Waals surface area contributed by atoms with Crippen LogP contribution in [0.25, 0.3) is 11.1 Å². The molecule has 0 N–H and O–H groups in total. The maximum Gasteiger partial charge on any atom is 0.343 e. The predicted octanol–water partition coefficient (Wildman–Crippen LogP) is 19.8. The van der Waals surface area contributed by atoms with Gasteiger partial charge in [0.2, 0.25) is 11.4 Å². The summed E-state index contributed by atoms with van der Waals surface area (Å²) in [5, 5.41) is 34.0. The summed E-state index contributed by atoms with van der Waals surface area (Å²) in [6.07, 6.45) is 31.0. The third kappa shape index (κ3) is 22.3. The molecule has 0 fully saturated rings. The molecule has 0 aliphatic carbocycles. The zero-order chi connectivity index (χ0) is 54.8. The molecule has 0 aromatic heterocycles. The van der Waals surface area contributed by atoms with Crippen molar-refractivity contribution in [3.8, 4) is 34.1 Å². The highest BCUT2D eigenvalue weighted by molar-refractivity contribution is 5.92. The number of unbranched alkanes of at least 4 members (excludes halogenated alkanes) is 22. The number of nitrogens with zero attached hydrogens (tertiary/aromatic N) is 4. The second-order valence-electron chi connectivity index (χ2n) is 20.1. The minimum absolute atomic E-state index is 0.292. The van der Waals surface area contributed by atoms with E-state index in [1.165, 1.54) is 128 Å². The fourth-order valence-electron chi connectivity index (χ4n) is 9.05. The Hall–Kier alpha value is -7.34. The molecular weight excluding hydrogens is 977 g/mol. The maximum absolute atomic E-state index is 13.1. The van der Waals surface area contributed by atoms with E-state index in [9.17, 15) is 20.0 Å². The van der Waals surface area contributed by atoms with E-state index in [0.29, 0.717) is 79.8 Å². The molecule has 6 rings (SSSR count). The second-order valence-corrected chi connectivity index (χ2v) is 20.1. The van der Waals surface area contributed by atoms with Crippen molar-refractivity contribution in [2.75, 3.05) is 13.2 Å². The summed E-state index contributed by atoms with van der Waals surface area (Å²) in [4.78, 5) is 27.3. The summed E-state index contributed by atoms with van der Waals surface area (Å²) >= 11 is 0. The van der Waals surface area contributed by atoms with Gasteiger partial charge in [0.25, 0.3) is 0 Å². The Bertz CT molecular complexity index is 2710. The molecule has 0 aliphatic rings. The minimum Gasteiger partial charge on any atom is -0.594 e. The van der Waals surface area contributed by atoms with Crippen LogP contribution in [0.5, 0.6) is 23.0 Å². The van der Waals surface area contributed by atoms with Crippen LogP contribution in [-0.2, 0) is 0 Å². The zero-order valence-corrected chi connectivity index (χ0v) is 46.3. The van der Waals surface area contributed by atoms with E-state index in [-0.39, 0.29) is 0 Å². The first-order valence-corrected chi connectivity index (χ1v) is 29.0. The molecule has 0 saturated carbocycles. The van der Waals surface area contributed by atoms with E-state index in [4.69, 9.17) is 18.9 Å². The Morgan fingerprint density at radius 2 is 0.718 bits per heavy atom. The molecule has 0 aliphatic heterocycles. The monoisotopic (exact) mass is 1060 g/mol. The van der Waals surface area contributed by atoms with Crippen molar-refractivity contribution in [3.05, 3.63) is 167 Å². The standard InChI is InChI=1S/C66H82N4O8/c1-3-5-7-9-11-13-15-17-19-21-23-25-50-75-61-46-40-59(41-47-61)69(73)67-57-36-30-54(31-37-57)65(71)77-63-44-34-53(35-45-63)56-28-27-29-64(52-56)78-66(72)55-32-38-58(39-33-55)68-70(74)60-42-48-62(49-43-60)76-51-26-24-22-20-18-16-14-12-10-8-6-4-2/h27-49,52H,3-26,50-51H2,1-2H3. The predicted molar refractivity (Wildman–Crippen MR) is 311 cm³/mol. The summed E-state index contributed by atoms with van der Waals surface area (Å²) in [7, 11) is 0. The number of hydrogen-bond acceptors (Lipinski definition) is 10. The summed E-state index contributed by atoms with van der Waals surface area (Å²) in [6, 6.07) is 40.5. The minimum atomic E-state index is -0.568. The smallest absolute Gasteiger partial charge is 0.343 e. The van der Waals surface area contributed by atoms with Gasteiger partial charge in [-0.15, -0.1) is 0 Å². The van der Waals surface area contributed by atoms with Crippen LogP contribution in [0.15, 0.2) is 156 Å². The van der Waals surface area contributed by atoms with Gasteiger partial charge >= 0.3 is 11.9 Å². The number of carbonyl (C=O) groups excluding carboxylic acids is 2. The van der Waals surface area contributed by atoms with E-state index in [1.807, 2.05) is 6.07 Å². The molecule has 0 saturated heterocycles. The Kier molecular flexibility index (Phi) is 27.0. The van der Waals surface area contributed by atoms with Crippen molar-refractivity contribution in [3.63, 3.8) is 0 Å². The molecule has 414 valence electrons. The Morgan fingerprint density at radius 1 is 0.372 bits per heavy atom. The van der Waals surface area contributed by atoms with Gasteiger partial charge in [-0.3, -0.25) is 0 Å². The van der Waals surface area contributed by atoms with Gasteiger partial charge in [-0.1, -0.05) is 189 Å². The summed E-state index contributed by atoms with van der Waals surface area (Å²) in [5.74, 6) is 0.974. The fraction of sp³-hybridized carbons (Fsp3) is 0.424. The molecular formula is C66H82N4O8. The topological polar surface area (TPSA) is 148 Å². The zero-order valence-electron chi connectivity index (χ0n) is 46.3. The molecule has 6 aromatic rings. The number of azo groups is 2. The molecule has 0 unspecified atom stereocenters. The number of rotatable bonds is 37. The van der Waals surface area contributed by atoms with E-state index >= 15 is 0 Å². The highest BCUT2D eigenvalue weighted by Crippen LogP contribution is 2.29. The number of carbonyl (C=O) groups is 2. The lowest BCUT2D eigenvalue weighted by Crippen LogP contribution is -2.08. The highest BCUT2D eigenvalue weighted by atomic mass is 16.5. The van der Waals surface area contributed by atoms with E-state index in [2.05, 4.69) is 24.1 Å². The Morgan fingerprint density at radius 3 is 1.10 bits per heavy atom. The molecule has 0 bridgehead atoms. The van der Waals surface area contributed by atoms with Gasteiger partial charge in [-0.05, 0) is 121 Å². The molecule has 12 nitrogen and oxygen atoms in total. The molecule has 0 radical (unpaired) electrons. The van der Waals surface area contributed by atoms with Gasteiger partial charge in [0.1, 0.15) is 34.4 Å². The molecule has 78 heavy (non-hydrogen) atoms. The normalized spacial score (nSPS) is 11.6. The lowest BCUT2D eigenvalue weighted by molar-refractivity contribution is -0.435. The lowest BCUT2D eigenvalue weighted by Gasteiger charge is -2.09. The van der Waals surface area contributed by atoms with Crippen LogP contribution >= 0.6 is 0 Å². The Balaban J connectivity index is 0.872. The summed E-state index contributed by atoms with van der Waals surface area (Å²) in [5.41, 5.74) is 3.66. The van der Waals surface area contributed by atoms with Gasteiger partial charge in [-0.25, -0.2) is 9.59 Å². The van der Waals surface area contributed by atoms with Crippen LogP contribution < -0.4 is 18.9 Å². The first kappa shape index (κ1) is 59.9. The molecule has 6 aromatic carbocycles. The van der Waals surface area contributed by atoms with E-state index in [0.717, 1.165) is 36.8 Å². The SMILES string of the molecule is CCCCCCCCCCCCCCOc1ccc([N+]([O-])=Nc2ccc(C(=O)Oc3ccc(-c4cccc(OC(=O)c5ccc(N=[N+]([O-])c6ccc(OCCCCCCCCCCCCCC)cc6)cc5)c4)cc3)cc2)cc1. The average molecular weight is 1060 g/mol. The second kappa shape index (κ2) is 35.1. The molecule has 0 amide bonds. The lowest BCUT2D eigenvalue weighted by atomic mass is 10.1. The molecule has 0 heterocycles. The van der Waals surface area contributed by atoms with Crippen molar-refractivity contribution in [2.24, 2.45) is 10.2 Å². The number of benzene rings is 6. The Labute approximate surface area is 463 Å². The summed E-state index contributed by atoms with van der Waals surface area (Å²) in [6.45, 7) is 5.81. The van der Waals surface area contributed by atoms with Crippen LogP contribution in [-0.4, -0.2) is 34.9 Å². The average Bonchev–Trinajstić information content (AvgIpc) is 3.46. The van der Waals surface area contributed by atoms with Crippen molar-refractivity contribution >= 4 is 34.7 Å². The first-order chi connectivity index (χ1) is 38.3. The van der Waals surface area contributed by atoms with Crippen molar-refractivity contribution in [2.45, 2.75) is 168 Å². The molecule has 0 spiro atoms. The van der Waals surface area contributed by atoms with Gasteiger partial charge in [-0.2, -0.15) is 0 Å². The van der Waals surface area contributed by atoms with Crippen LogP contribution in [0.1, 0.15) is 189 Å². The van der Waals surface area contributed by atoms with Gasteiger partial charge in [0.15, 0.2) is 0 Å². The highest BCUT2D eigenvalue weighted by Gasteiger charge is 2.14. The van der Waals surface area contributed by atoms with E-state index in [1.54, 1.807) is 140 Å². The van der Waals surface area contributed by atoms with Gasteiger partial charge in [0, 0.05) is 34.5 Å². The molecule has 0 atom stereocenters. The third-order valence-electron chi connectivity index (χ3n) is 13.7. The van der Waals surface area contributed by atoms with Gasteiger partial charge < -0.3 is 29.4 Å². The number of hydrogen-bond donors (Lipinski definition) is 0. The van der Waals surface area contributed by atoms with Crippen molar-refractivity contribution < 1.29 is 38.3 Å². The van der Waals surface area contributed by atoms with Crippen LogP contribution in [0.3, 0.4) is 0 Å². The van der Waals surface area contributed by atoms with Crippen LogP contribution in [0.4, 0.5) is 22.7 Å². The maximum atomic E-state index is 13.1. The fourth-order valence-corrected chi connectivity index (χ4v) is 9.05. The largest absolute Gasteiger partial charge is 0.594 e. The van der Waals surface area contributed by atoms with E-state index < -0.39 is 11.9 Å². The summed E-state index contributed by atoms with van der Waals surface area (Å²) < 4.78 is 23.1. The number of ether oxygens (including phenoxy) is 4.